The molecular weight excluding hydrogens is 367 g/mol. The van der Waals surface area contributed by atoms with Gasteiger partial charge in [0.05, 0.1) is 11.6 Å². The van der Waals surface area contributed by atoms with Gasteiger partial charge in [-0.3, -0.25) is 0 Å². The Hall–Kier alpha value is -1.04. The lowest BCUT2D eigenvalue weighted by Crippen LogP contribution is -2.18. The van der Waals surface area contributed by atoms with Crippen LogP contribution in [0.1, 0.15) is 22.7 Å². The fourth-order valence-corrected chi connectivity index (χ4v) is 3.02. The molecule has 0 aliphatic heterocycles. The third-order valence-electron chi connectivity index (χ3n) is 3.08. The maximum atomic E-state index is 12.6. The highest BCUT2D eigenvalue weighted by atomic mass is 79.9. The van der Waals surface area contributed by atoms with E-state index >= 15 is 0 Å². The van der Waals surface area contributed by atoms with Gasteiger partial charge >= 0.3 is 6.18 Å². The minimum Gasteiger partial charge on any atom is -0.309 e. The van der Waals surface area contributed by atoms with E-state index in [1.54, 1.807) is 19.2 Å². The molecule has 0 fully saturated rings. The lowest BCUT2D eigenvalue weighted by atomic mass is 9.98. The number of nitrogens with one attached hydrogen (secondary N) is 1. The topological polar surface area (TPSA) is 12.0 Å². The molecule has 1 atom stereocenters. The normalized spacial score (nSPS) is 13.2. The van der Waals surface area contributed by atoms with Crippen molar-refractivity contribution in [2.45, 2.75) is 12.2 Å². The SMILES string of the molecule is CNC(c1ccc(C(F)(F)F)cc1)c1cc(Cl)cc(Br)c1. The highest BCUT2D eigenvalue weighted by molar-refractivity contribution is 9.10. The predicted octanol–water partition coefficient (Wildman–Crippen LogP) is 5.43. The fraction of sp³-hybridized carbons (Fsp3) is 0.200. The van der Waals surface area contributed by atoms with Crippen molar-refractivity contribution >= 4 is 27.5 Å². The summed E-state index contributed by atoms with van der Waals surface area (Å²) in [4.78, 5) is 0. The molecule has 112 valence electrons. The Kier molecular flexibility index (Phi) is 4.96. The highest BCUT2D eigenvalue weighted by Crippen LogP contribution is 2.32. The lowest BCUT2D eigenvalue weighted by Gasteiger charge is -2.18. The molecule has 1 unspecified atom stereocenters. The van der Waals surface area contributed by atoms with Crippen molar-refractivity contribution in [1.29, 1.82) is 0 Å². The zero-order valence-electron chi connectivity index (χ0n) is 11.0. The van der Waals surface area contributed by atoms with Gasteiger partial charge in [-0.05, 0) is 48.5 Å². The Morgan fingerprint density at radius 3 is 2.14 bits per heavy atom. The molecular formula is C15H12BrClF3N. The monoisotopic (exact) mass is 377 g/mol. The standard InChI is InChI=1S/C15H12BrClF3N/c1-21-14(10-6-12(16)8-13(17)7-10)9-2-4-11(5-3-9)15(18,19)20/h2-8,14,21H,1H3. The number of halogens is 5. The summed E-state index contributed by atoms with van der Waals surface area (Å²) in [5.74, 6) is 0. The van der Waals surface area contributed by atoms with E-state index in [1.165, 1.54) is 12.1 Å². The summed E-state index contributed by atoms with van der Waals surface area (Å²) in [6.45, 7) is 0. The summed E-state index contributed by atoms with van der Waals surface area (Å²) in [7, 11) is 1.75. The maximum Gasteiger partial charge on any atom is 0.416 e. The Bertz CT molecular complexity index is 606. The van der Waals surface area contributed by atoms with Gasteiger partial charge in [-0.2, -0.15) is 13.2 Å². The smallest absolute Gasteiger partial charge is 0.309 e. The van der Waals surface area contributed by atoms with Crippen LogP contribution in [0.5, 0.6) is 0 Å². The first-order chi connectivity index (χ1) is 9.81. The van der Waals surface area contributed by atoms with E-state index < -0.39 is 11.7 Å². The second-order valence-electron chi connectivity index (χ2n) is 4.54. The van der Waals surface area contributed by atoms with Gasteiger partial charge in [-0.1, -0.05) is 39.7 Å². The molecule has 0 amide bonds. The summed E-state index contributed by atoms with van der Waals surface area (Å²) in [6, 6.07) is 10.3. The highest BCUT2D eigenvalue weighted by Gasteiger charge is 2.30. The first-order valence-electron chi connectivity index (χ1n) is 6.11. The van der Waals surface area contributed by atoms with E-state index in [-0.39, 0.29) is 6.04 Å². The van der Waals surface area contributed by atoms with Crippen LogP contribution in [0.4, 0.5) is 13.2 Å². The van der Waals surface area contributed by atoms with Crippen molar-refractivity contribution in [3.63, 3.8) is 0 Å². The molecule has 0 saturated carbocycles. The molecule has 2 rings (SSSR count). The van der Waals surface area contributed by atoms with Crippen LogP contribution in [0.15, 0.2) is 46.9 Å². The Balaban J connectivity index is 2.37. The number of benzene rings is 2. The second kappa shape index (κ2) is 6.38. The first kappa shape index (κ1) is 16.3. The number of alkyl halides is 3. The van der Waals surface area contributed by atoms with Crippen LogP contribution >= 0.6 is 27.5 Å². The Labute approximate surface area is 134 Å². The van der Waals surface area contributed by atoms with Crippen molar-refractivity contribution in [1.82, 2.24) is 5.32 Å². The lowest BCUT2D eigenvalue weighted by molar-refractivity contribution is -0.137. The molecule has 2 aromatic carbocycles. The van der Waals surface area contributed by atoms with Crippen molar-refractivity contribution < 1.29 is 13.2 Å². The number of rotatable bonds is 3. The average molecular weight is 379 g/mol. The van der Waals surface area contributed by atoms with Crippen LogP contribution in [0, 0.1) is 0 Å². The molecule has 0 saturated heterocycles. The molecule has 0 bridgehead atoms. The van der Waals surface area contributed by atoms with Gasteiger partial charge < -0.3 is 5.32 Å². The molecule has 1 N–H and O–H groups in total. The van der Waals surface area contributed by atoms with Crippen LogP contribution in [-0.2, 0) is 6.18 Å². The average Bonchev–Trinajstić information content (AvgIpc) is 2.38. The summed E-state index contributed by atoms with van der Waals surface area (Å²) in [5.41, 5.74) is 0.949. The van der Waals surface area contributed by atoms with E-state index in [4.69, 9.17) is 11.6 Å². The third kappa shape index (κ3) is 3.99. The molecule has 0 aromatic heterocycles. The zero-order valence-corrected chi connectivity index (χ0v) is 13.4. The van der Waals surface area contributed by atoms with Crippen molar-refractivity contribution in [2.24, 2.45) is 0 Å². The summed E-state index contributed by atoms with van der Waals surface area (Å²) >= 11 is 9.38. The van der Waals surface area contributed by atoms with E-state index in [0.717, 1.165) is 27.7 Å². The van der Waals surface area contributed by atoms with Crippen molar-refractivity contribution in [3.8, 4) is 0 Å². The van der Waals surface area contributed by atoms with E-state index in [1.807, 2.05) is 6.07 Å². The molecule has 6 heteroatoms. The minimum absolute atomic E-state index is 0.234. The number of hydrogen-bond donors (Lipinski definition) is 1. The van der Waals surface area contributed by atoms with Crippen LogP contribution in [0.2, 0.25) is 5.02 Å². The van der Waals surface area contributed by atoms with Crippen LogP contribution in [0.25, 0.3) is 0 Å². The molecule has 2 aromatic rings. The van der Waals surface area contributed by atoms with Crippen molar-refractivity contribution in [3.05, 3.63) is 68.7 Å². The molecule has 0 radical (unpaired) electrons. The zero-order chi connectivity index (χ0) is 15.6. The molecule has 0 aliphatic carbocycles. The van der Waals surface area contributed by atoms with Gasteiger partial charge in [0.2, 0.25) is 0 Å². The molecule has 1 nitrogen and oxygen atoms in total. The minimum atomic E-state index is -4.33. The first-order valence-corrected chi connectivity index (χ1v) is 7.29. The maximum absolute atomic E-state index is 12.6. The van der Waals surface area contributed by atoms with E-state index in [2.05, 4.69) is 21.2 Å². The van der Waals surface area contributed by atoms with Gasteiger partial charge in [-0.15, -0.1) is 0 Å². The van der Waals surface area contributed by atoms with Gasteiger partial charge in [-0.25, -0.2) is 0 Å². The Morgan fingerprint density at radius 2 is 1.67 bits per heavy atom. The Morgan fingerprint density at radius 1 is 1.05 bits per heavy atom. The van der Waals surface area contributed by atoms with E-state index in [0.29, 0.717) is 5.02 Å². The second-order valence-corrected chi connectivity index (χ2v) is 5.90. The van der Waals surface area contributed by atoms with Crippen LogP contribution in [-0.4, -0.2) is 7.05 Å². The fourth-order valence-electron chi connectivity index (χ4n) is 2.13. The summed E-state index contributed by atoms with van der Waals surface area (Å²) in [5, 5.41) is 3.65. The van der Waals surface area contributed by atoms with Gasteiger partial charge in [0, 0.05) is 9.50 Å². The number of hydrogen-bond acceptors (Lipinski definition) is 1. The molecule has 0 heterocycles. The summed E-state index contributed by atoms with van der Waals surface area (Å²) < 4.78 is 38.6. The molecule has 0 spiro atoms. The van der Waals surface area contributed by atoms with E-state index in [9.17, 15) is 13.2 Å². The molecule has 21 heavy (non-hydrogen) atoms. The van der Waals surface area contributed by atoms with Crippen LogP contribution in [0.3, 0.4) is 0 Å². The van der Waals surface area contributed by atoms with Crippen molar-refractivity contribution in [2.75, 3.05) is 7.05 Å². The van der Waals surface area contributed by atoms with Crippen LogP contribution < -0.4 is 5.32 Å². The molecule has 0 aliphatic rings. The summed E-state index contributed by atoms with van der Waals surface area (Å²) in [6.07, 6.45) is -4.33. The van der Waals surface area contributed by atoms with Gasteiger partial charge in [0.25, 0.3) is 0 Å². The predicted molar refractivity (Wildman–Crippen MR) is 81.5 cm³/mol. The third-order valence-corrected chi connectivity index (χ3v) is 3.75. The largest absolute Gasteiger partial charge is 0.416 e. The van der Waals surface area contributed by atoms with Gasteiger partial charge in [0.1, 0.15) is 0 Å². The van der Waals surface area contributed by atoms with Gasteiger partial charge in [0.15, 0.2) is 0 Å². The quantitative estimate of drug-likeness (QED) is 0.751.